The predicted octanol–water partition coefficient (Wildman–Crippen LogP) is 3.61. The summed E-state index contributed by atoms with van der Waals surface area (Å²) >= 11 is 0. The molecule has 0 N–H and O–H groups in total. The van der Waals surface area contributed by atoms with Gasteiger partial charge in [0.25, 0.3) is 0 Å². The second kappa shape index (κ2) is 6.97. The van der Waals surface area contributed by atoms with E-state index in [9.17, 15) is 19.2 Å². The van der Waals surface area contributed by atoms with Crippen molar-refractivity contribution in [1.29, 1.82) is 0 Å². The van der Waals surface area contributed by atoms with Crippen molar-refractivity contribution in [3.05, 3.63) is 101 Å². The molecule has 0 radical (unpaired) electrons. The number of carbonyl (C=O) groups is 4. The first-order valence-electron chi connectivity index (χ1n) is 11.2. The molecule has 34 heavy (non-hydrogen) atoms. The Labute approximate surface area is 196 Å². The first kappa shape index (κ1) is 20.5. The molecule has 2 amide bonds. The van der Waals surface area contributed by atoms with Gasteiger partial charge in [-0.05, 0) is 53.4 Å². The van der Waals surface area contributed by atoms with Gasteiger partial charge in [-0.1, -0.05) is 48.5 Å². The SMILES string of the molecule is COC(=O)c1ccc(N2C(=O)[C@@H]3C4c5ccccc5C(C(C)=O)(c5ccccc54)[C@H]3C2=O)cc1. The maximum atomic E-state index is 14.0. The summed E-state index contributed by atoms with van der Waals surface area (Å²) in [6.45, 7) is 1.52. The number of methoxy groups -OCH3 is 1. The molecule has 1 saturated heterocycles. The molecule has 1 fully saturated rings. The molecule has 3 aliphatic carbocycles. The fourth-order valence-corrected chi connectivity index (χ4v) is 6.49. The zero-order valence-electron chi connectivity index (χ0n) is 18.6. The maximum absolute atomic E-state index is 14.0. The molecule has 1 aliphatic heterocycles. The monoisotopic (exact) mass is 451 g/mol. The van der Waals surface area contributed by atoms with Crippen LogP contribution in [0, 0.1) is 11.8 Å². The van der Waals surface area contributed by atoms with Crippen molar-refractivity contribution in [3.8, 4) is 0 Å². The number of carbonyl (C=O) groups excluding carboxylic acids is 4. The predicted molar refractivity (Wildman–Crippen MR) is 123 cm³/mol. The van der Waals surface area contributed by atoms with Crippen LogP contribution in [0.15, 0.2) is 72.8 Å². The second-order valence-corrected chi connectivity index (χ2v) is 9.07. The van der Waals surface area contributed by atoms with E-state index in [-0.39, 0.29) is 23.5 Å². The molecule has 6 heteroatoms. The van der Waals surface area contributed by atoms with Crippen LogP contribution in [0.25, 0.3) is 0 Å². The maximum Gasteiger partial charge on any atom is 0.337 e. The van der Waals surface area contributed by atoms with Crippen LogP contribution in [0.4, 0.5) is 5.69 Å². The summed E-state index contributed by atoms with van der Waals surface area (Å²) < 4.78 is 4.74. The largest absolute Gasteiger partial charge is 0.465 e. The van der Waals surface area contributed by atoms with Gasteiger partial charge in [0.1, 0.15) is 5.78 Å². The third kappa shape index (κ3) is 2.30. The van der Waals surface area contributed by atoms with E-state index < -0.39 is 23.2 Å². The van der Waals surface area contributed by atoms with Gasteiger partial charge in [0, 0.05) is 5.92 Å². The van der Waals surface area contributed by atoms with Gasteiger partial charge in [-0.15, -0.1) is 0 Å². The lowest BCUT2D eigenvalue weighted by Crippen LogP contribution is -2.57. The van der Waals surface area contributed by atoms with Crippen molar-refractivity contribution in [1.82, 2.24) is 0 Å². The minimum Gasteiger partial charge on any atom is -0.465 e. The Morgan fingerprint density at radius 3 is 1.91 bits per heavy atom. The Morgan fingerprint density at radius 1 is 0.824 bits per heavy atom. The minimum atomic E-state index is -1.22. The number of Topliss-reactive ketones (excluding diaryl/α,β-unsaturated/α-hetero) is 1. The number of ketones is 1. The molecule has 7 rings (SSSR count). The molecule has 2 bridgehead atoms. The quantitative estimate of drug-likeness (QED) is 0.449. The van der Waals surface area contributed by atoms with E-state index in [0.717, 1.165) is 22.3 Å². The molecular formula is C28H21NO5. The van der Waals surface area contributed by atoms with E-state index in [0.29, 0.717) is 11.3 Å². The number of benzene rings is 3. The van der Waals surface area contributed by atoms with Gasteiger partial charge < -0.3 is 4.74 Å². The van der Waals surface area contributed by atoms with Crippen LogP contribution >= 0.6 is 0 Å². The number of nitrogens with zero attached hydrogens (tertiary/aromatic N) is 1. The van der Waals surface area contributed by atoms with E-state index in [1.165, 1.54) is 31.1 Å². The molecule has 0 spiro atoms. The highest BCUT2D eigenvalue weighted by Gasteiger charge is 2.69. The Hall–Kier alpha value is -4.06. The van der Waals surface area contributed by atoms with Gasteiger partial charge in [-0.3, -0.25) is 14.4 Å². The van der Waals surface area contributed by atoms with Gasteiger partial charge in [-0.25, -0.2) is 9.69 Å². The molecule has 2 atom stereocenters. The summed E-state index contributed by atoms with van der Waals surface area (Å²) in [6, 6.07) is 21.6. The molecule has 0 unspecified atom stereocenters. The molecule has 6 nitrogen and oxygen atoms in total. The average Bonchev–Trinajstić information content (AvgIpc) is 3.14. The highest BCUT2D eigenvalue weighted by Crippen LogP contribution is 2.64. The second-order valence-electron chi connectivity index (χ2n) is 9.07. The first-order chi connectivity index (χ1) is 16.4. The van der Waals surface area contributed by atoms with Crippen LogP contribution in [0.3, 0.4) is 0 Å². The van der Waals surface area contributed by atoms with Crippen molar-refractivity contribution < 1.29 is 23.9 Å². The third-order valence-corrected chi connectivity index (χ3v) is 7.72. The highest BCUT2D eigenvalue weighted by molar-refractivity contribution is 6.25. The van der Waals surface area contributed by atoms with E-state index in [4.69, 9.17) is 4.74 Å². The molecular weight excluding hydrogens is 430 g/mol. The lowest BCUT2D eigenvalue weighted by Gasteiger charge is -2.52. The Morgan fingerprint density at radius 2 is 1.38 bits per heavy atom. The third-order valence-electron chi connectivity index (χ3n) is 7.72. The lowest BCUT2D eigenvalue weighted by molar-refractivity contribution is -0.132. The van der Waals surface area contributed by atoms with E-state index in [1.54, 1.807) is 12.1 Å². The van der Waals surface area contributed by atoms with E-state index >= 15 is 0 Å². The van der Waals surface area contributed by atoms with Crippen LogP contribution in [0.2, 0.25) is 0 Å². The normalized spacial score (nSPS) is 26.1. The summed E-state index contributed by atoms with van der Waals surface area (Å²) in [4.78, 5) is 54.5. The highest BCUT2D eigenvalue weighted by atomic mass is 16.5. The standard InChI is InChI=1S/C28H21NO5/c1-15(30)28-20-9-5-3-7-18(20)22(19-8-4-6-10-21(19)28)23-24(28)26(32)29(25(23)31)17-13-11-16(12-14-17)27(33)34-2/h3-14,22-24H,1-2H3/t22?,23-,24-,28?/m1/s1. The lowest BCUT2D eigenvalue weighted by atomic mass is 9.46. The summed E-state index contributed by atoms with van der Waals surface area (Å²) in [5.41, 5.74) is 2.97. The minimum absolute atomic E-state index is 0.149. The van der Waals surface area contributed by atoms with Crippen LogP contribution < -0.4 is 4.90 Å². The molecule has 3 aromatic carbocycles. The topological polar surface area (TPSA) is 80.8 Å². The van der Waals surface area contributed by atoms with Crippen LogP contribution in [-0.4, -0.2) is 30.7 Å². The van der Waals surface area contributed by atoms with Crippen LogP contribution in [0.5, 0.6) is 0 Å². The van der Waals surface area contributed by atoms with Crippen molar-refractivity contribution in [3.63, 3.8) is 0 Å². The van der Waals surface area contributed by atoms with E-state index in [1.807, 2.05) is 48.5 Å². The summed E-state index contributed by atoms with van der Waals surface area (Å²) in [5, 5.41) is 0. The number of hydrogen-bond donors (Lipinski definition) is 0. The zero-order valence-corrected chi connectivity index (χ0v) is 18.6. The van der Waals surface area contributed by atoms with Crippen molar-refractivity contribution >= 4 is 29.3 Å². The van der Waals surface area contributed by atoms with Gasteiger partial charge >= 0.3 is 5.97 Å². The van der Waals surface area contributed by atoms with Crippen molar-refractivity contribution in [2.45, 2.75) is 18.3 Å². The number of amides is 2. The number of hydrogen-bond acceptors (Lipinski definition) is 5. The van der Waals surface area contributed by atoms with Gasteiger partial charge in [-0.2, -0.15) is 0 Å². The van der Waals surface area contributed by atoms with Gasteiger partial charge in [0.2, 0.25) is 11.8 Å². The van der Waals surface area contributed by atoms with Crippen molar-refractivity contribution in [2.24, 2.45) is 11.8 Å². The number of imide groups is 1. The van der Waals surface area contributed by atoms with Crippen LogP contribution in [0.1, 0.15) is 45.5 Å². The summed E-state index contributed by atoms with van der Waals surface area (Å²) in [6.07, 6.45) is 0. The fraction of sp³-hybridized carbons (Fsp3) is 0.214. The van der Waals surface area contributed by atoms with Crippen molar-refractivity contribution in [2.75, 3.05) is 12.0 Å². The smallest absolute Gasteiger partial charge is 0.337 e. The number of anilines is 1. The molecule has 4 aliphatic rings. The summed E-state index contributed by atoms with van der Waals surface area (Å²) in [5.74, 6) is -3.17. The zero-order chi connectivity index (χ0) is 23.8. The summed E-state index contributed by atoms with van der Waals surface area (Å²) in [7, 11) is 1.29. The Balaban J connectivity index is 1.57. The molecule has 0 saturated carbocycles. The number of rotatable bonds is 3. The van der Waals surface area contributed by atoms with E-state index in [2.05, 4.69) is 0 Å². The number of ether oxygens (including phenoxy) is 1. The Bertz CT molecular complexity index is 1360. The van der Waals surface area contributed by atoms with Gasteiger partial charge in [0.05, 0.1) is 35.6 Å². The Kier molecular flexibility index (Phi) is 4.21. The molecule has 0 aromatic heterocycles. The number of esters is 1. The molecule has 168 valence electrons. The molecule has 3 aromatic rings. The first-order valence-corrected chi connectivity index (χ1v) is 11.2. The molecule has 1 heterocycles. The van der Waals surface area contributed by atoms with Gasteiger partial charge in [0.15, 0.2) is 0 Å². The average molecular weight is 451 g/mol. The van der Waals surface area contributed by atoms with Crippen LogP contribution in [-0.2, 0) is 24.5 Å². The fourth-order valence-electron chi connectivity index (χ4n) is 6.49.